The van der Waals surface area contributed by atoms with Gasteiger partial charge in [0.1, 0.15) is 17.3 Å². The van der Waals surface area contributed by atoms with E-state index < -0.39 is 17.8 Å². The standard InChI is InChI=1S/C18H13F5N6S/c19-17(20,18(21,22)23)14-10-30-15(29-14)12(8-24)13-4-7-27-16(28-13)26-6-3-11-2-1-5-25-9-11/h1-2,4-5,7,9-10,29H,3,6H2,(H,26,27,28). The Morgan fingerprint density at radius 1 is 1.20 bits per heavy atom. The van der Waals surface area contributed by atoms with Gasteiger partial charge in [-0.15, -0.1) is 0 Å². The van der Waals surface area contributed by atoms with Crippen LogP contribution in [0, 0.1) is 11.3 Å². The lowest BCUT2D eigenvalue weighted by Crippen LogP contribution is -2.41. The molecular formula is C18H13F5N6S. The quantitative estimate of drug-likeness (QED) is 0.517. The summed E-state index contributed by atoms with van der Waals surface area (Å²) in [6.07, 6.45) is -0.410. The molecule has 30 heavy (non-hydrogen) atoms. The van der Waals surface area contributed by atoms with Crippen molar-refractivity contribution in [3.63, 3.8) is 0 Å². The second kappa shape index (κ2) is 8.66. The van der Waals surface area contributed by atoms with Crippen molar-refractivity contribution in [1.29, 1.82) is 5.26 Å². The number of hydrogen-bond acceptors (Lipinski definition) is 7. The van der Waals surface area contributed by atoms with Crippen LogP contribution in [-0.4, -0.2) is 33.6 Å². The van der Waals surface area contributed by atoms with Gasteiger partial charge >= 0.3 is 12.1 Å². The van der Waals surface area contributed by atoms with E-state index >= 15 is 0 Å². The number of nitriles is 1. The summed E-state index contributed by atoms with van der Waals surface area (Å²) in [7, 11) is 0. The molecular weight excluding hydrogens is 427 g/mol. The molecule has 0 saturated heterocycles. The van der Waals surface area contributed by atoms with E-state index in [2.05, 4.69) is 20.3 Å². The van der Waals surface area contributed by atoms with Crippen LogP contribution in [0.3, 0.4) is 0 Å². The molecule has 0 saturated carbocycles. The molecule has 0 radical (unpaired) electrons. The number of halogens is 5. The first-order valence-corrected chi connectivity index (χ1v) is 9.30. The summed E-state index contributed by atoms with van der Waals surface area (Å²) in [5.74, 6) is -4.88. The minimum absolute atomic E-state index is 0.0800. The summed E-state index contributed by atoms with van der Waals surface area (Å²) in [5, 5.41) is 14.8. The minimum atomic E-state index is -5.76. The van der Waals surface area contributed by atoms with Gasteiger partial charge in [-0.25, -0.2) is 9.97 Å². The lowest BCUT2D eigenvalue weighted by molar-refractivity contribution is -0.265. The molecule has 2 aromatic heterocycles. The first kappa shape index (κ1) is 21.5. The molecule has 0 unspecified atom stereocenters. The molecule has 0 spiro atoms. The van der Waals surface area contributed by atoms with Crippen LogP contribution in [0.15, 0.2) is 52.9 Å². The van der Waals surface area contributed by atoms with Gasteiger partial charge in [0.2, 0.25) is 5.95 Å². The van der Waals surface area contributed by atoms with E-state index in [-0.39, 0.29) is 22.2 Å². The molecule has 6 nitrogen and oxygen atoms in total. The van der Waals surface area contributed by atoms with Crippen molar-refractivity contribution in [2.45, 2.75) is 18.5 Å². The zero-order valence-corrected chi connectivity index (χ0v) is 15.9. The van der Waals surface area contributed by atoms with Gasteiger partial charge in [0.25, 0.3) is 0 Å². The topological polar surface area (TPSA) is 86.5 Å². The van der Waals surface area contributed by atoms with Gasteiger partial charge < -0.3 is 10.6 Å². The predicted octanol–water partition coefficient (Wildman–Crippen LogP) is 4.09. The predicted molar refractivity (Wildman–Crippen MR) is 101 cm³/mol. The van der Waals surface area contributed by atoms with E-state index in [1.165, 1.54) is 12.3 Å². The average Bonchev–Trinajstić information content (AvgIpc) is 3.19. The van der Waals surface area contributed by atoms with Crippen LogP contribution in [0.2, 0.25) is 0 Å². The normalized spacial score (nSPS) is 15.8. The maximum Gasteiger partial charge on any atom is 0.459 e. The summed E-state index contributed by atoms with van der Waals surface area (Å²) in [6, 6.07) is 6.85. The molecule has 0 amide bonds. The summed E-state index contributed by atoms with van der Waals surface area (Å²) in [5.41, 5.74) is -0.457. The molecule has 12 heteroatoms. The molecule has 0 fully saturated rings. The first-order chi connectivity index (χ1) is 14.2. The largest absolute Gasteiger partial charge is 0.459 e. The summed E-state index contributed by atoms with van der Waals surface area (Å²) >= 11 is 0.558. The Labute approximate surface area is 171 Å². The van der Waals surface area contributed by atoms with Crippen LogP contribution in [0.4, 0.5) is 27.9 Å². The lowest BCUT2D eigenvalue weighted by Gasteiger charge is -2.20. The number of nitrogens with one attached hydrogen (secondary N) is 2. The monoisotopic (exact) mass is 440 g/mol. The first-order valence-electron chi connectivity index (χ1n) is 8.42. The van der Waals surface area contributed by atoms with Crippen molar-refractivity contribution in [3.8, 4) is 6.07 Å². The zero-order chi connectivity index (χ0) is 21.8. The molecule has 0 bridgehead atoms. The average molecular weight is 440 g/mol. The number of rotatable bonds is 6. The van der Waals surface area contributed by atoms with Crippen LogP contribution < -0.4 is 10.6 Å². The molecule has 1 aliphatic heterocycles. The van der Waals surface area contributed by atoms with Gasteiger partial charge in [-0.2, -0.15) is 27.2 Å². The van der Waals surface area contributed by atoms with Crippen LogP contribution in [-0.2, 0) is 6.42 Å². The molecule has 3 rings (SSSR count). The Bertz CT molecular complexity index is 1010. The lowest BCUT2D eigenvalue weighted by atomic mass is 10.2. The van der Waals surface area contributed by atoms with E-state index in [9.17, 15) is 27.2 Å². The molecule has 2 N–H and O–H groups in total. The number of thioether (sulfide) groups is 1. The molecule has 156 valence electrons. The Morgan fingerprint density at radius 2 is 2.00 bits per heavy atom. The van der Waals surface area contributed by atoms with Crippen molar-refractivity contribution in [3.05, 3.63) is 64.2 Å². The molecule has 0 aliphatic carbocycles. The van der Waals surface area contributed by atoms with Crippen LogP contribution in [0.1, 0.15) is 11.3 Å². The minimum Gasteiger partial charge on any atom is -0.354 e. The number of allylic oxidation sites excluding steroid dienone is 2. The van der Waals surface area contributed by atoms with Crippen molar-refractivity contribution in [2.24, 2.45) is 0 Å². The highest BCUT2D eigenvalue weighted by Gasteiger charge is 2.61. The SMILES string of the molecule is N#CC(=C1NC(C(F)(F)C(F)(F)F)=CS1)c1ccnc(NCCc2cccnc2)n1. The van der Waals surface area contributed by atoms with Gasteiger partial charge in [0, 0.05) is 30.5 Å². The molecule has 0 aromatic carbocycles. The van der Waals surface area contributed by atoms with Gasteiger partial charge in [0.05, 0.1) is 10.7 Å². The van der Waals surface area contributed by atoms with Crippen molar-refractivity contribution in [1.82, 2.24) is 20.3 Å². The highest BCUT2D eigenvalue weighted by molar-refractivity contribution is 8.06. The smallest absolute Gasteiger partial charge is 0.354 e. The van der Waals surface area contributed by atoms with E-state index in [4.69, 9.17) is 0 Å². The van der Waals surface area contributed by atoms with E-state index in [0.717, 1.165) is 5.56 Å². The van der Waals surface area contributed by atoms with E-state index in [1.54, 1.807) is 24.5 Å². The summed E-state index contributed by atoms with van der Waals surface area (Å²) in [4.78, 5) is 12.2. The zero-order valence-electron chi connectivity index (χ0n) is 15.0. The second-order valence-electron chi connectivity index (χ2n) is 5.97. The Morgan fingerprint density at radius 3 is 2.67 bits per heavy atom. The number of nitrogens with zero attached hydrogens (tertiary/aromatic N) is 4. The fourth-order valence-corrected chi connectivity index (χ4v) is 3.28. The second-order valence-corrected chi connectivity index (χ2v) is 6.85. The fraction of sp³-hybridized carbons (Fsp3) is 0.222. The molecule has 3 heterocycles. The third-order valence-electron chi connectivity index (χ3n) is 3.91. The maximum absolute atomic E-state index is 13.5. The molecule has 0 atom stereocenters. The van der Waals surface area contributed by atoms with Crippen LogP contribution in [0.5, 0.6) is 0 Å². The number of hydrogen-bond donors (Lipinski definition) is 2. The number of anilines is 1. The maximum atomic E-state index is 13.5. The van der Waals surface area contributed by atoms with Gasteiger partial charge in [-0.1, -0.05) is 17.8 Å². The summed E-state index contributed by atoms with van der Waals surface area (Å²) in [6.45, 7) is 0.462. The number of pyridine rings is 1. The Hall–Kier alpha value is -3.20. The van der Waals surface area contributed by atoms with Gasteiger partial charge in [-0.05, 0) is 24.1 Å². The highest BCUT2D eigenvalue weighted by Crippen LogP contribution is 2.45. The Kier molecular flexibility index (Phi) is 6.21. The van der Waals surface area contributed by atoms with Gasteiger partial charge in [0.15, 0.2) is 0 Å². The summed E-state index contributed by atoms with van der Waals surface area (Å²) < 4.78 is 64.7. The fourth-order valence-electron chi connectivity index (χ4n) is 2.40. The molecule has 2 aromatic rings. The highest BCUT2D eigenvalue weighted by atomic mass is 32.2. The van der Waals surface area contributed by atoms with E-state index in [1.807, 2.05) is 11.4 Å². The van der Waals surface area contributed by atoms with E-state index in [0.29, 0.717) is 30.1 Å². The number of aromatic nitrogens is 3. The van der Waals surface area contributed by atoms with Crippen LogP contribution >= 0.6 is 11.8 Å². The third kappa shape index (κ3) is 4.68. The Balaban J connectivity index is 1.73. The van der Waals surface area contributed by atoms with Crippen LogP contribution in [0.25, 0.3) is 5.57 Å². The van der Waals surface area contributed by atoms with Crippen molar-refractivity contribution >= 4 is 23.3 Å². The van der Waals surface area contributed by atoms with Gasteiger partial charge in [-0.3, -0.25) is 4.98 Å². The third-order valence-corrected chi connectivity index (χ3v) is 4.80. The van der Waals surface area contributed by atoms with Crippen molar-refractivity contribution in [2.75, 3.05) is 11.9 Å². The molecule has 1 aliphatic rings. The van der Waals surface area contributed by atoms with Crippen molar-refractivity contribution < 1.29 is 22.0 Å². The number of alkyl halides is 5.